The summed E-state index contributed by atoms with van der Waals surface area (Å²) >= 11 is 11.7. The van der Waals surface area contributed by atoms with Crippen LogP contribution in [0.15, 0.2) is 29.4 Å². The van der Waals surface area contributed by atoms with Gasteiger partial charge in [0.15, 0.2) is 0 Å². The highest BCUT2D eigenvalue weighted by molar-refractivity contribution is 6.35. The minimum absolute atomic E-state index is 0. The van der Waals surface area contributed by atoms with Gasteiger partial charge in [-0.2, -0.15) is 0 Å². The quantitative estimate of drug-likeness (QED) is 0.642. The topological polar surface area (TPSA) is 38.4 Å². The normalized spacial score (nSPS) is 11.5. The van der Waals surface area contributed by atoms with Gasteiger partial charge in [-0.3, -0.25) is 0 Å². The Morgan fingerprint density at radius 1 is 1.40 bits per heavy atom. The zero-order valence-corrected chi connectivity index (χ0v) is 10.4. The summed E-state index contributed by atoms with van der Waals surface area (Å²) in [6.07, 6.45) is 3.37. The fraction of sp³-hybridized carbons (Fsp3) is 0.100. The molecule has 0 heterocycles. The van der Waals surface area contributed by atoms with Gasteiger partial charge in [-0.05, 0) is 30.7 Å². The van der Waals surface area contributed by atoms with Crippen molar-refractivity contribution in [1.82, 2.24) is 0 Å². The van der Waals surface area contributed by atoms with E-state index in [1.54, 1.807) is 31.3 Å². The number of rotatable bonds is 2. The van der Waals surface area contributed by atoms with Gasteiger partial charge in [0.05, 0.1) is 5.84 Å². The monoisotopic (exact) mass is 264 g/mol. The molecule has 0 saturated heterocycles. The Kier molecular flexibility index (Phi) is 6.41. The smallest absolute Gasteiger partial charge is 0.0957 e. The highest BCUT2D eigenvalue weighted by Gasteiger charge is 1.96. The van der Waals surface area contributed by atoms with Gasteiger partial charge in [-0.25, -0.2) is 4.99 Å². The number of halogens is 3. The SMILES string of the molecule is CC(N)=NC=Cc1ccc(Cl)cc1Cl.Cl. The van der Waals surface area contributed by atoms with Crippen LogP contribution in [0.2, 0.25) is 10.0 Å². The molecule has 1 aromatic carbocycles. The fourth-order valence-electron chi connectivity index (χ4n) is 0.872. The molecule has 0 aliphatic heterocycles. The number of aliphatic imine (C=N–C) groups is 1. The number of nitrogens with zero attached hydrogens (tertiary/aromatic N) is 1. The predicted octanol–water partition coefficient (Wildman–Crippen LogP) is 3.76. The number of nitrogens with two attached hydrogens (primary N) is 1. The van der Waals surface area contributed by atoms with Crippen LogP contribution in [0.25, 0.3) is 6.08 Å². The summed E-state index contributed by atoms with van der Waals surface area (Å²) in [6.45, 7) is 1.72. The molecule has 0 atom stereocenters. The van der Waals surface area contributed by atoms with Crippen LogP contribution in [-0.2, 0) is 0 Å². The average Bonchev–Trinajstić information content (AvgIpc) is 2.08. The van der Waals surface area contributed by atoms with Crippen molar-refractivity contribution < 1.29 is 0 Å². The maximum absolute atomic E-state index is 5.93. The van der Waals surface area contributed by atoms with Gasteiger partial charge in [0.1, 0.15) is 0 Å². The Hall–Kier alpha value is -0.700. The second-order valence-electron chi connectivity index (χ2n) is 2.75. The van der Waals surface area contributed by atoms with Gasteiger partial charge in [0, 0.05) is 16.2 Å². The highest BCUT2D eigenvalue weighted by Crippen LogP contribution is 2.21. The van der Waals surface area contributed by atoms with Crippen LogP contribution in [0.5, 0.6) is 0 Å². The molecule has 1 rings (SSSR count). The standard InChI is InChI=1S/C10H10Cl2N2.ClH/c1-7(13)14-5-4-8-2-3-9(11)6-10(8)12;/h2-6H,1H3,(H2,13,14);1H. The first kappa shape index (κ1) is 14.3. The van der Waals surface area contributed by atoms with Crippen molar-refractivity contribution in [2.45, 2.75) is 6.92 Å². The van der Waals surface area contributed by atoms with Crippen LogP contribution >= 0.6 is 35.6 Å². The third kappa shape index (κ3) is 5.07. The third-order valence-electron chi connectivity index (χ3n) is 1.49. The Morgan fingerprint density at radius 2 is 2.07 bits per heavy atom. The van der Waals surface area contributed by atoms with E-state index in [1.807, 2.05) is 6.07 Å². The summed E-state index contributed by atoms with van der Waals surface area (Å²) in [7, 11) is 0. The van der Waals surface area contributed by atoms with Crippen molar-refractivity contribution >= 4 is 47.5 Å². The van der Waals surface area contributed by atoms with Crippen LogP contribution in [-0.4, -0.2) is 5.84 Å². The molecule has 0 aromatic heterocycles. The molecule has 0 spiro atoms. The van der Waals surface area contributed by atoms with Crippen LogP contribution in [0.4, 0.5) is 0 Å². The predicted molar refractivity (Wildman–Crippen MR) is 70.0 cm³/mol. The van der Waals surface area contributed by atoms with Gasteiger partial charge >= 0.3 is 0 Å². The summed E-state index contributed by atoms with van der Waals surface area (Å²) in [6, 6.07) is 5.27. The van der Waals surface area contributed by atoms with E-state index in [1.165, 1.54) is 0 Å². The summed E-state index contributed by atoms with van der Waals surface area (Å²) in [4.78, 5) is 3.91. The number of benzene rings is 1. The lowest BCUT2D eigenvalue weighted by molar-refractivity contribution is 1.48. The van der Waals surface area contributed by atoms with Gasteiger partial charge in [-0.1, -0.05) is 29.3 Å². The minimum atomic E-state index is 0. The highest BCUT2D eigenvalue weighted by atomic mass is 35.5. The second kappa shape index (κ2) is 6.72. The summed E-state index contributed by atoms with van der Waals surface area (Å²) in [5.74, 6) is 0.506. The number of hydrogen-bond donors (Lipinski definition) is 1. The van der Waals surface area contributed by atoms with E-state index in [4.69, 9.17) is 28.9 Å². The van der Waals surface area contributed by atoms with Gasteiger partial charge < -0.3 is 5.73 Å². The lowest BCUT2D eigenvalue weighted by Crippen LogP contribution is -2.03. The largest absolute Gasteiger partial charge is 0.387 e. The van der Waals surface area contributed by atoms with E-state index in [9.17, 15) is 0 Å². The summed E-state index contributed by atoms with van der Waals surface area (Å²) in [5.41, 5.74) is 6.23. The third-order valence-corrected chi connectivity index (χ3v) is 2.06. The molecule has 0 saturated carbocycles. The van der Waals surface area contributed by atoms with E-state index < -0.39 is 0 Å². The van der Waals surface area contributed by atoms with Crippen LogP contribution in [0.3, 0.4) is 0 Å². The van der Waals surface area contributed by atoms with Gasteiger partial charge in [-0.15, -0.1) is 12.4 Å². The lowest BCUT2D eigenvalue weighted by atomic mass is 10.2. The van der Waals surface area contributed by atoms with Crippen LogP contribution in [0.1, 0.15) is 12.5 Å². The molecule has 0 fully saturated rings. The first-order valence-electron chi connectivity index (χ1n) is 4.01. The molecule has 0 amide bonds. The van der Waals surface area contributed by atoms with Gasteiger partial charge in [0.2, 0.25) is 0 Å². The molecule has 2 N–H and O–H groups in total. The Balaban J connectivity index is 0.00000196. The van der Waals surface area contributed by atoms with E-state index >= 15 is 0 Å². The molecule has 0 aliphatic carbocycles. The van der Waals surface area contributed by atoms with E-state index in [0.717, 1.165) is 5.56 Å². The van der Waals surface area contributed by atoms with Gasteiger partial charge in [0.25, 0.3) is 0 Å². The molecule has 0 aliphatic rings. The van der Waals surface area contributed by atoms with Crippen molar-refractivity contribution in [3.8, 4) is 0 Å². The van der Waals surface area contributed by atoms with E-state index in [2.05, 4.69) is 4.99 Å². The zero-order valence-electron chi connectivity index (χ0n) is 8.08. The molecule has 0 radical (unpaired) electrons. The van der Waals surface area contributed by atoms with Crippen molar-refractivity contribution in [2.75, 3.05) is 0 Å². The Labute approximate surface area is 105 Å². The maximum atomic E-state index is 5.93. The van der Waals surface area contributed by atoms with Crippen molar-refractivity contribution in [1.29, 1.82) is 0 Å². The van der Waals surface area contributed by atoms with E-state index in [0.29, 0.717) is 15.9 Å². The molecular formula is C10H11Cl3N2. The molecule has 2 nitrogen and oxygen atoms in total. The Morgan fingerprint density at radius 3 is 2.60 bits per heavy atom. The zero-order chi connectivity index (χ0) is 10.6. The molecule has 0 bridgehead atoms. The molecule has 15 heavy (non-hydrogen) atoms. The van der Waals surface area contributed by atoms with Crippen molar-refractivity contribution in [3.63, 3.8) is 0 Å². The average molecular weight is 266 g/mol. The fourth-order valence-corrected chi connectivity index (χ4v) is 1.34. The second-order valence-corrected chi connectivity index (χ2v) is 3.60. The van der Waals surface area contributed by atoms with Crippen LogP contribution < -0.4 is 5.73 Å². The van der Waals surface area contributed by atoms with E-state index in [-0.39, 0.29) is 12.4 Å². The first-order valence-corrected chi connectivity index (χ1v) is 4.76. The number of amidine groups is 1. The summed E-state index contributed by atoms with van der Waals surface area (Å²) < 4.78 is 0. The lowest BCUT2D eigenvalue weighted by Gasteiger charge is -1.97. The molecule has 0 unspecified atom stereocenters. The molecular weight excluding hydrogens is 254 g/mol. The van der Waals surface area contributed by atoms with Crippen molar-refractivity contribution in [3.05, 3.63) is 40.0 Å². The minimum Gasteiger partial charge on any atom is -0.387 e. The summed E-state index contributed by atoms with van der Waals surface area (Å²) in [5, 5.41) is 1.21. The van der Waals surface area contributed by atoms with Crippen molar-refractivity contribution in [2.24, 2.45) is 10.7 Å². The molecule has 5 heteroatoms. The molecule has 82 valence electrons. The maximum Gasteiger partial charge on any atom is 0.0957 e. The Bertz CT molecular complexity index is 382. The first-order chi connectivity index (χ1) is 6.59. The van der Waals surface area contributed by atoms with Crippen LogP contribution in [0, 0.1) is 0 Å². The molecule has 1 aromatic rings. The number of hydrogen-bond acceptors (Lipinski definition) is 1.